The Balaban J connectivity index is 2.05. The van der Waals surface area contributed by atoms with Crippen molar-refractivity contribution < 1.29 is 28.6 Å². The Morgan fingerprint density at radius 2 is 1.83 bits per heavy atom. The number of methoxy groups -OCH3 is 2. The molecular formula is C21H22ClNO6. The second-order valence-corrected chi connectivity index (χ2v) is 6.69. The molecule has 0 radical (unpaired) electrons. The van der Waals surface area contributed by atoms with Crippen LogP contribution in [0.2, 0.25) is 5.02 Å². The lowest BCUT2D eigenvalue weighted by atomic mass is 10.1. The summed E-state index contributed by atoms with van der Waals surface area (Å²) in [7, 11) is 2.95. The Kier molecular flexibility index (Phi) is 7.23. The third-order valence-corrected chi connectivity index (χ3v) is 4.56. The molecule has 29 heavy (non-hydrogen) atoms. The number of halogens is 1. The van der Waals surface area contributed by atoms with E-state index in [1.54, 1.807) is 26.0 Å². The van der Waals surface area contributed by atoms with E-state index in [4.69, 9.17) is 25.8 Å². The zero-order valence-electron chi connectivity index (χ0n) is 16.8. The number of ether oxygens (including phenoxy) is 3. The molecule has 0 aliphatic rings. The second kappa shape index (κ2) is 9.43. The lowest BCUT2D eigenvalue weighted by molar-refractivity contribution is -0.136. The van der Waals surface area contributed by atoms with Crippen molar-refractivity contribution in [1.29, 1.82) is 0 Å². The summed E-state index contributed by atoms with van der Waals surface area (Å²) in [5.41, 5.74) is 2.49. The van der Waals surface area contributed by atoms with E-state index in [1.165, 1.54) is 33.3 Å². The van der Waals surface area contributed by atoms with E-state index < -0.39 is 18.4 Å². The molecule has 2 rings (SSSR count). The summed E-state index contributed by atoms with van der Waals surface area (Å²) in [4.78, 5) is 38.9. The molecule has 7 nitrogen and oxygen atoms in total. The number of hydrogen-bond donors (Lipinski definition) is 1. The lowest BCUT2D eigenvalue weighted by Crippen LogP contribution is -2.14. The predicted octanol–water partition coefficient (Wildman–Crippen LogP) is 3.94. The van der Waals surface area contributed by atoms with Gasteiger partial charge in [0.05, 0.1) is 24.9 Å². The van der Waals surface area contributed by atoms with Crippen LogP contribution in [0.3, 0.4) is 0 Å². The molecular weight excluding hydrogens is 398 g/mol. The molecule has 1 aromatic carbocycles. The first-order chi connectivity index (χ1) is 13.7. The molecule has 0 saturated heterocycles. The minimum Gasteiger partial charge on any atom is -0.493 e. The van der Waals surface area contributed by atoms with Crippen LogP contribution in [0.25, 0.3) is 6.08 Å². The minimum absolute atomic E-state index is 0.135. The van der Waals surface area contributed by atoms with Crippen molar-refractivity contribution in [2.45, 2.75) is 20.8 Å². The van der Waals surface area contributed by atoms with Crippen LogP contribution in [0, 0.1) is 13.8 Å². The highest BCUT2D eigenvalue weighted by molar-refractivity contribution is 6.32. The number of nitrogens with one attached hydrogen (secondary N) is 1. The lowest BCUT2D eigenvalue weighted by Gasteiger charge is -2.10. The molecule has 0 bridgehead atoms. The van der Waals surface area contributed by atoms with Gasteiger partial charge >= 0.3 is 5.97 Å². The van der Waals surface area contributed by atoms with Gasteiger partial charge in [0.25, 0.3) is 0 Å². The molecule has 0 aliphatic carbocycles. The van der Waals surface area contributed by atoms with Crippen LogP contribution in [0.15, 0.2) is 18.2 Å². The number of aryl methyl sites for hydroxylation is 1. The van der Waals surface area contributed by atoms with Crippen LogP contribution in [-0.4, -0.2) is 43.3 Å². The number of Topliss-reactive ketones (excluding diaryl/α,β-unsaturated/α-hetero) is 2. The average Bonchev–Trinajstić information content (AvgIpc) is 2.98. The molecule has 0 amide bonds. The standard InChI is InChI=1S/C21H22ClNO6/c1-11-19(13(3)24)12(2)23-20(11)16(25)10-29-18(26)7-6-14-8-15(22)21(28-5)17(9-14)27-4/h6-9,23H,10H2,1-5H3/b7-6+. The van der Waals surface area contributed by atoms with Crippen LogP contribution in [0.1, 0.15) is 44.6 Å². The van der Waals surface area contributed by atoms with Crippen molar-refractivity contribution in [2.75, 3.05) is 20.8 Å². The fourth-order valence-electron chi connectivity index (χ4n) is 3.01. The van der Waals surface area contributed by atoms with Crippen LogP contribution < -0.4 is 9.47 Å². The van der Waals surface area contributed by atoms with Crippen molar-refractivity contribution >= 4 is 35.2 Å². The van der Waals surface area contributed by atoms with E-state index in [1.807, 2.05) is 0 Å². The Labute approximate surface area is 173 Å². The monoisotopic (exact) mass is 419 g/mol. The summed E-state index contributed by atoms with van der Waals surface area (Å²) >= 11 is 6.12. The molecule has 0 atom stereocenters. The molecule has 0 spiro atoms. The Hall–Kier alpha value is -3.06. The minimum atomic E-state index is -0.697. The van der Waals surface area contributed by atoms with Gasteiger partial charge in [-0.25, -0.2) is 4.79 Å². The van der Waals surface area contributed by atoms with Gasteiger partial charge < -0.3 is 19.2 Å². The molecule has 0 unspecified atom stereocenters. The zero-order chi connectivity index (χ0) is 21.7. The number of benzene rings is 1. The summed E-state index contributed by atoms with van der Waals surface area (Å²) in [5.74, 6) is -0.446. The van der Waals surface area contributed by atoms with Crippen LogP contribution in [0.4, 0.5) is 0 Å². The van der Waals surface area contributed by atoms with E-state index in [0.717, 1.165) is 0 Å². The van der Waals surface area contributed by atoms with Gasteiger partial charge in [0, 0.05) is 17.3 Å². The number of aromatic nitrogens is 1. The molecule has 154 valence electrons. The number of H-pyrrole nitrogens is 1. The van der Waals surface area contributed by atoms with Gasteiger partial charge in [-0.1, -0.05) is 11.6 Å². The Morgan fingerprint density at radius 3 is 2.38 bits per heavy atom. The topological polar surface area (TPSA) is 94.7 Å². The fraction of sp³-hybridized carbons (Fsp3) is 0.286. The van der Waals surface area contributed by atoms with Gasteiger partial charge in [-0.3, -0.25) is 9.59 Å². The van der Waals surface area contributed by atoms with Crippen molar-refractivity contribution in [1.82, 2.24) is 4.98 Å². The predicted molar refractivity (Wildman–Crippen MR) is 109 cm³/mol. The molecule has 1 N–H and O–H groups in total. The summed E-state index contributed by atoms with van der Waals surface area (Å²) in [6.07, 6.45) is 2.66. The molecule has 0 saturated carbocycles. The fourth-order valence-corrected chi connectivity index (χ4v) is 3.31. The van der Waals surface area contributed by atoms with E-state index in [-0.39, 0.29) is 11.5 Å². The third kappa shape index (κ3) is 5.06. The van der Waals surface area contributed by atoms with E-state index in [2.05, 4.69) is 4.98 Å². The van der Waals surface area contributed by atoms with Gasteiger partial charge in [-0.05, 0) is 50.1 Å². The van der Waals surface area contributed by atoms with Gasteiger partial charge in [0.1, 0.15) is 0 Å². The van der Waals surface area contributed by atoms with Crippen molar-refractivity contribution in [3.63, 3.8) is 0 Å². The number of aromatic amines is 1. The van der Waals surface area contributed by atoms with Crippen LogP contribution in [-0.2, 0) is 9.53 Å². The normalized spacial score (nSPS) is 10.8. The average molecular weight is 420 g/mol. The summed E-state index contributed by atoms with van der Waals surface area (Å²) in [6.45, 7) is 4.37. The maximum Gasteiger partial charge on any atom is 0.331 e. The van der Waals surface area contributed by atoms with E-state index in [0.29, 0.717) is 38.9 Å². The highest BCUT2D eigenvalue weighted by Crippen LogP contribution is 2.36. The molecule has 1 heterocycles. The van der Waals surface area contributed by atoms with E-state index in [9.17, 15) is 14.4 Å². The van der Waals surface area contributed by atoms with Gasteiger partial charge in [0.2, 0.25) is 5.78 Å². The van der Waals surface area contributed by atoms with Crippen molar-refractivity contribution in [3.8, 4) is 11.5 Å². The Bertz CT molecular complexity index is 990. The summed E-state index contributed by atoms with van der Waals surface area (Å²) < 4.78 is 15.4. The molecule has 0 fully saturated rings. The van der Waals surface area contributed by atoms with Gasteiger partial charge in [-0.2, -0.15) is 0 Å². The number of rotatable bonds is 8. The summed E-state index contributed by atoms with van der Waals surface area (Å²) in [6, 6.07) is 3.25. The first-order valence-corrected chi connectivity index (χ1v) is 9.07. The maximum absolute atomic E-state index is 12.3. The molecule has 0 aliphatic heterocycles. The number of ketones is 2. The number of carbonyl (C=O) groups excluding carboxylic acids is 3. The number of hydrogen-bond acceptors (Lipinski definition) is 6. The van der Waals surface area contributed by atoms with E-state index >= 15 is 0 Å². The van der Waals surface area contributed by atoms with Crippen LogP contribution >= 0.6 is 11.6 Å². The van der Waals surface area contributed by atoms with Crippen molar-refractivity contribution in [3.05, 3.63) is 51.3 Å². The second-order valence-electron chi connectivity index (χ2n) is 6.28. The van der Waals surface area contributed by atoms with Crippen molar-refractivity contribution in [2.24, 2.45) is 0 Å². The molecule has 2 aromatic rings. The van der Waals surface area contributed by atoms with Gasteiger partial charge in [0.15, 0.2) is 23.9 Å². The van der Waals surface area contributed by atoms with Gasteiger partial charge in [-0.15, -0.1) is 0 Å². The highest BCUT2D eigenvalue weighted by Gasteiger charge is 2.20. The third-order valence-electron chi connectivity index (χ3n) is 4.28. The first-order valence-electron chi connectivity index (χ1n) is 8.69. The summed E-state index contributed by atoms with van der Waals surface area (Å²) in [5, 5.41) is 0.328. The molecule has 8 heteroatoms. The Morgan fingerprint density at radius 1 is 1.14 bits per heavy atom. The van der Waals surface area contributed by atoms with Crippen LogP contribution in [0.5, 0.6) is 11.5 Å². The number of carbonyl (C=O) groups is 3. The first kappa shape index (κ1) is 22.2. The number of esters is 1. The quantitative estimate of drug-likeness (QED) is 0.395. The SMILES string of the molecule is COc1cc(/C=C/C(=O)OCC(=O)c2[nH]c(C)c(C(C)=O)c2C)cc(Cl)c1OC. The maximum atomic E-state index is 12.3. The zero-order valence-corrected chi connectivity index (χ0v) is 17.6. The largest absolute Gasteiger partial charge is 0.493 e. The highest BCUT2D eigenvalue weighted by atomic mass is 35.5. The molecule has 1 aromatic heterocycles. The smallest absolute Gasteiger partial charge is 0.331 e.